The van der Waals surface area contributed by atoms with Crippen molar-refractivity contribution in [2.24, 2.45) is 0 Å². The Bertz CT molecular complexity index is 816. The van der Waals surface area contributed by atoms with Crippen molar-refractivity contribution < 1.29 is 64.4 Å². The van der Waals surface area contributed by atoms with E-state index in [1.165, 1.54) is 342 Å². The molecule has 0 spiro atoms. The van der Waals surface area contributed by atoms with Gasteiger partial charge in [-0.05, 0) is 89.9 Å². The molecule has 0 saturated heterocycles. The molecule has 0 amide bonds. The summed E-state index contributed by atoms with van der Waals surface area (Å²) in [7, 11) is 12.6. The molecule has 0 fully saturated rings. The van der Waals surface area contributed by atoms with E-state index in [2.05, 4.69) is 56.0 Å². The predicted octanol–water partition coefficient (Wildman–Crippen LogP) is 9.82. The van der Waals surface area contributed by atoms with Crippen LogP contribution < -0.4 is 50.9 Å². The molecule has 0 radical (unpaired) electrons. The molecule has 0 bridgehead atoms. The van der Waals surface area contributed by atoms with Crippen LogP contribution in [0.4, 0.5) is 0 Å². The molecule has 0 aliphatic carbocycles. The highest BCUT2D eigenvalue weighted by Crippen LogP contribution is 2.19. The van der Waals surface area contributed by atoms with Crippen molar-refractivity contribution in [1.29, 1.82) is 0 Å². The molecular weight excluding hydrogens is 990 g/mol. The summed E-state index contributed by atoms with van der Waals surface area (Å²) in [6, 6.07) is 0. The lowest BCUT2D eigenvalue weighted by molar-refractivity contribution is -0.910. The summed E-state index contributed by atoms with van der Waals surface area (Å²) >= 11 is 0. The number of halogens is 3. The Hall–Kier alpha value is 1.32. The maximum Gasteiger partial charge on any atom is 0.0784 e. The molecule has 398 valence electrons. The first kappa shape index (κ1) is 72.9. The van der Waals surface area contributed by atoms with Crippen LogP contribution in [0.1, 0.15) is 303 Å². The number of quaternary nitrogens is 3. The molecule has 6 heteroatoms. The van der Waals surface area contributed by atoms with E-state index in [0.29, 0.717) is 0 Å². The van der Waals surface area contributed by atoms with Crippen LogP contribution in [0.15, 0.2) is 0 Å². The van der Waals surface area contributed by atoms with Gasteiger partial charge in [0.25, 0.3) is 0 Å². The Kier molecular flexibility index (Phi) is 61.3. The standard InChI is InChI=1S/C59H126N3.3BrH/c1-9-12-15-18-21-24-27-30-33-36-39-46-53-60(4,5)55-48-42-44-51-58-62(8,57-50-41-38-35-32-29-26-23-20-17-14-11-3)59-52-45-43-49-56-61(6,7)54-47-40-37-34-31-28-25-22-19-16-13-10-2;;;/h9-59H2,1-8H3;3*1H/q+3;;;/p-3. The van der Waals surface area contributed by atoms with Crippen LogP contribution >= 0.6 is 0 Å². The van der Waals surface area contributed by atoms with Gasteiger partial charge in [-0.1, -0.05) is 213 Å². The maximum atomic E-state index is 2.64. The van der Waals surface area contributed by atoms with Crippen LogP contribution in [0.2, 0.25) is 0 Å². The molecule has 65 heavy (non-hydrogen) atoms. The summed E-state index contributed by atoms with van der Waals surface area (Å²) in [5, 5.41) is 0. The summed E-state index contributed by atoms with van der Waals surface area (Å²) in [6.45, 7) is 16.7. The summed E-state index contributed by atoms with van der Waals surface area (Å²) in [4.78, 5) is 0. The van der Waals surface area contributed by atoms with Crippen molar-refractivity contribution in [3.8, 4) is 0 Å². The summed E-state index contributed by atoms with van der Waals surface area (Å²) in [6.07, 6.45) is 63.8. The Morgan fingerprint density at radius 2 is 0.292 bits per heavy atom. The lowest BCUT2D eigenvalue weighted by Crippen LogP contribution is -3.00. The topological polar surface area (TPSA) is 0 Å². The van der Waals surface area contributed by atoms with E-state index in [1.807, 2.05) is 0 Å². The fraction of sp³-hybridized carbons (Fsp3) is 1.00. The lowest BCUT2D eigenvalue weighted by Gasteiger charge is -2.35. The molecule has 3 nitrogen and oxygen atoms in total. The van der Waals surface area contributed by atoms with Crippen LogP contribution in [0.25, 0.3) is 0 Å². The molecule has 0 N–H and O–H groups in total. The van der Waals surface area contributed by atoms with Gasteiger partial charge in [0.15, 0.2) is 0 Å². The molecule has 0 saturated carbocycles. The van der Waals surface area contributed by atoms with Crippen molar-refractivity contribution in [2.75, 3.05) is 81.1 Å². The number of unbranched alkanes of at least 4 members (excludes halogenated alkanes) is 39. The quantitative estimate of drug-likeness (QED) is 0.0421. The van der Waals surface area contributed by atoms with Gasteiger partial charge in [0.2, 0.25) is 0 Å². The first-order chi connectivity index (χ1) is 30.1. The number of rotatable bonds is 53. The molecule has 0 rings (SSSR count). The predicted molar refractivity (Wildman–Crippen MR) is 285 cm³/mol. The second-order valence-electron chi connectivity index (χ2n) is 23.1. The van der Waals surface area contributed by atoms with Gasteiger partial charge < -0.3 is 64.4 Å². The van der Waals surface area contributed by atoms with E-state index in [-0.39, 0.29) is 50.9 Å². The third-order valence-corrected chi connectivity index (χ3v) is 15.2. The Morgan fingerprint density at radius 3 is 0.446 bits per heavy atom. The fourth-order valence-electron chi connectivity index (χ4n) is 10.4. The van der Waals surface area contributed by atoms with Gasteiger partial charge in [-0.2, -0.15) is 0 Å². The summed E-state index contributed by atoms with van der Waals surface area (Å²) in [5.41, 5.74) is 0. The fourth-order valence-corrected chi connectivity index (χ4v) is 10.4. The maximum absolute atomic E-state index is 2.64. The molecule has 0 atom stereocenters. The highest BCUT2D eigenvalue weighted by Gasteiger charge is 2.21. The first-order valence-electron chi connectivity index (χ1n) is 29.6. The first-order valence-corrected chi connectivity index (χ1v) is 29.6. The Labute approximate surface area is 445 Å². The van der Waals surface area contributed by atoms with Gasteiger partial charge in [-0.25, -0.2) is 0 Å². The molecule has 0 aromatic heterocycles. The van der Waals surface area contributed by atoms with Crippen LogP contribution in [0.3, 0.4) is 0 Å². The average molecular weight is 1120 g/mol. The van der Waals surface area contributed by atoms with Crippen LogP contribution in [0.5, 0.6) is 0 Å². The zero-order valence-corrected chi connectivity index (χ0v) is 51.3. The highest BCUT2D eigenvalue weighted by atomic mass is 79.9. The van der Waals surface area contributed by atoms with Gasteiger partial charge in [-0.15, -0.1) is 0 Å². The van der Waals surface area contributed by atoms with E-state index in [1.54, 1.807) is 0 Å². The molecule has 0 heterocycles. The largest absolute Gasteiger partial charge is 1.00 e. The van der Waals surface area contributed by atoms with Crippen LogP contribution in [-0.2, 0) is 0 Å². The minimum atomic E-state index is 0. The number of hydrogen-bond donors (Lipinski definition) is 0. The van der Waals surface area contributed by atoms with Gasteiger partial charge in [0.1, 0.15) is 0 Å². The van der Waals surface area contributed by atoms with Crippen LogP contribution in [-0.4, -0.2) is 94.5 Å². The van der Waals surface area contributed by atoms with Crippen molar-refractivity contribution in [2.45, 2.75) is 303 Å². The third-order valence-electron chi connectivity index (χ3n) is 15.2. The van der Waals surface area contributed by atoms with Crippen molar-refractivity contribution in [3.63, 3.8) is 0 Å². The molecule has 0 aromatic carbocycles. The smallest absolute Gasteiger partial charge is 0.0784 e. The van der Waals surface area contributed by atoms with Crippen LogP contribution in [0, 0.1) is 0 Å². The SMILES string of the molecule is CCCCCCCCCCCCCC[N+](C)(C)CCCCCC[N+](C)(CCCCCCCCCCCCCC)CCCCCC[N+](C)(C)CCCCCCCCCCCCCC.[Br-].[Br-].[Br-]. The Morgan fingerprint density at radius 1 is 0.169 bits per heavy atom. The van der Waals surface area contributed by atoms with Gasteiger partial charge in [0, 0.05) is 0 Å². The van der Waals surface area contributed by atoms with E-state index < -0.39 is 0 Å². The summed E-state index contributed by atoms with van der Waals surface area (Å²) < 4.78 is 3.82. The molecule has 0 aromatic rings. The minimum Gasteiger partial charge on any atom is -1.00 e. The highest BCUT2D eigenvalue weighted by molar-refractivity contribution is 4.55. The molecule has 0 aliphatic heterocycles. The minimum absolute atomic E-state index is 0. The third kappa shape index (κ3) is 56.1. The van der Waals surface area contributed by atoms with E-state index in [4.69, 9.17) is 0 Å². The summed E-state index contributed by atoms with van der Waals surface area (Å²) in [5.74, 6) is 0. The number of nitrogens with zero attached hydrogens (tertiary/aromatic N) is 3. The number of hydrogen-bond acceptors (Lipinski definition) is 0. The molecular formula is C59H126Br3N3. The zero-order chi connectivity index (χ0) is 45.6. The van der Waals surface area contributed by atoms with Gasteiger partial charge in [-0.3, -0.25) is 0 Å². The Balaban J connectivity index is -0.00000620. The van der Waals surface area contributed by atoms with Crippen molar-refractivity contribution in [1.82, 2.24) is 0 Å². The molecule has 0 aliphatic rings. The van der Waals surface area contributed by atoms with E-state index >= 15 is 0 Å². The molecule has 0 unspecified atom stereocenters. The average Bonchev–Trinajstić information content (AvgIpc) is 3.24. The second-order valence-corrected chi connectivity index (χ2v) is 23.1. The zero-order valence-electron chi connectivity index (χ0n) is 46.5. The van der Waals surface area contributed by atoms with Gasteiger partial charge in [0.05, 0.1) is 81.1 Å². The normalized spacial score (nSPS) is 12.0. The van der Waals surface area contributed by atoms with E-state index in [9.17, 15) is 0 Å². The lowest BCUT2D eigenvalue weighted by atomic mass is 10.0. The van der Waals surface area contributed by atoms with Crippen molar-refractivity contribution >= 4 is 0 Å². The van der Waals surface area contributed by atoms with Crippen molar-refractivity contribution in [3.05, 3.63) is 0 Å². The monoisotopic (exact) mass is 1110 g/mol. The second kappa shape index (κ2) is 54.6. The van der Waals surface area contributed by atoms with Gasteiger partial charge >= 0.3 is 0 Å². The van der Waals surface area contributed by atoms with E-state index in [0.717, 1.165) is 0 Å².